The molecule has 0 saturated carbocycles. The van der Waals surface area contributed by atoms with Crippen LogP contribution < -0.4 is 20.9 Å². The Kier molecular flexibility index (Phi) is 8.69. The highest BCUT2D eigenvalue weighted by atomic mass is 16.3. The number of aryl methyl sites for hydroxylation is 1. The second kappa shape index (κ2) is 14.1. The molecule has 7 aromatic rings. The number of benzene rings is 6. The third kappa shape index (κ3) is 6.08. The van der Waals surface area contributed by atoms with Gasteiger partial charge in [-0.1, -0.05) is 115 Å². The van der Waals surface area contributed by atoms with E-state index in [1.807, 2.05) is 24.4 Å². The number of para-hydroxylation sites is 1. The fourth-order valence-electron chi connectivity index (χ4n) is 7.98. The highest BCUT2D eigenvalue weighted by Crippen LogP contribution is 2.46. The molecule has 0 spiro atoms. The van der Waals surface area contributed by atoms with Crippen LogP contribution in [0.1, 0.15) is 40.2 Å². The van der Waals surface area contributed by atoms with Gasteiger partial charge in [0.25, 0.3) is 0 Å². The van der Waals surface area contributed by atoms with Gasteiger partial charge in [0.15, 0.2) is 0 Å². The Hall–Kier alpha value is -6.58. The number of hydrogen-bond acceptors (Lipinski definition) is 3. The van der Waals surface area contributed by atoms with Crippen molar-refractivity contribution in [3.05, 3.63) is 208 Å². The van der Waals surface area contributed by atoms with Crippen LogP contribution in [-0.4, -0.2) is 0 Å². The largest absolute Gasteiger partial charge is 0.456 e. The maximum atomic E-state index is 6.44. The monoisotopic (exact) mass is 698 g/mol. The van der Waals surface area contributed by atoms with Crippen molar-refractivity contribution in [1.29, 1.82) is 0 Å². The van der Waals surface area contributed by atoms with E-state index in [9.17, 15) is 0 Å². The number of nitrogens with one attached hydrogen (secondary N) is 1. The van der Waals surface area contributed by atoms with Crippen LogP contribution in [0, 0.1) is 20.8 Å². The average molecular weight is 699 g/mol. The third-order valence-corrected chi connectivity index (χ3v) is 11.1. The van der Waals surface area contributed by atoms with E-state index in [1.54, 1.807) is 0 Å². The van der Waals surface area contributed by atoms with Crippen LogP contribution >= 0.6 is 0 Å². The fourth-order valence-corrected chi connectivity index (χ4v) is 7.98. The first kappa shape index (κ1) is 33.3. The molecule has 0 radical (unpaired) electrons. The Morgan fingerprint density at radius 1 is 0.722 bits per heavy atom. The van der Waals surface area contributed by atoms with Gasteiger partial charge in [0.05, 0.1) is 5.69 Å². The summed E-state index contributed by atoms with van der Waals surface area (Å²) in [7, 11) is 0. The number of allylic oxidation sites excluding steroid dienone is 4. The van der Waals surface area contributed by atoms with E-state index in [1.165, 1.54) is 44.5 Å². The Morgan fingerprint density at radius 2 is 1.46 bits per heavy atom. The summed E-state index contributed by atoms with van der Waals surface area (Å²) in [5.74, 6) is 0.329. The van der Waals surface area contributed by atoms with E-state index in [2.05, 4.69) is 183 Å². The van der Waals surface area contributed by atoms with E-state index in [0.717, 1.165) is 56.3 Å². The molecule has 9 rings (SSSR count). The Labute approximate surface area is 317 Å². The molecule has 1 aromatic heterocycles. The number of rotatable bonds is 5. The van der Waals surface area contributed by atoms with Gasteiger partial charge in [0, 0.05) is 45.4 Å². The number of fused-ring (bicyclic) bond motifs is 6. The maximum absolute atomic E-state index is 6.44. The molecule has 1 aliphatic heterocycles. The van der Waals surface area contributed by atoms with Crippen LogP contribution in [0.4, 0.5) is 17.1 Å². The molecule has 262 valence electrons. The van der Waals surface area contributed by atoms with Crippen LogP contribution in [0.5, 0.6) is 0 Å². The van der Waals surface area contributed by atoms with Gasteiger partial charge in [-0.2, -0.15) is 0 Å². The van der Waals surface area contributed by atoms with Crippen molar-refractivity contribution in [2.24, 2.45) is 0 Å². The van der Waals surface area contributed by atoms with Gasteiger partial charge in [-0.15, -0.1) is 0 Å². The Morgan fingerprint density at radius 3 is 2.24 bits per heavy atom. The van der Waals surface area contributed by atoms with Crippen molar-refractivity contribution < 1.29 is 4.42 Å². The van der Waals surface area contributed by atoms with Crippen molar-refractivity contribution in [2.75, 3.05) is 10.2 Å². The topological polar surface area (TPSA) is 28.4 Å². The zero-order valence-electron chi connectivity index (χ0n) is 30.9. The maximum Gasteiger partial charge on any atom is 0.135 e. The van der Waals surface area contributed by atoms with Crippen molar-refractivity contribution in [3.63, 3.8) is 0 Å². The first-order valence-corrected chi connectivity index (χ1v) is 18.8. The molecule has 1 unspecified atom stereocenters. The molecule has 6 aromatic carbocycles. The van der Waals surface area contributed by atoms with Gasteiger partial charge in [-0.25, -0.2) is 0 Å². The van der Waals surface area contributed by atoms with E-state index in [-0.39, 0.29) is 0 Å². The van der Waals surface area contributed by atoms with Crippen LogP contribution in [0.15, 0.2) is 174 Å². The molecule has 54 heavy (non-hydrogen) atoms. The molecule has 2 heterocycles. The molecule has 0 amide bonds. The van der Waals surface area contributed by atoms with Crippen molar-refractivity contribution in [3.8, 4) is 22.3 Å². The molecule has 0 fully saturated rings. The van der Waals surface area contributed by atoms with Gasteiger partial charge in [-0.05, 0) is 126 Å². The number of nitrogens with zero attached hydrogens (tertiary/aromatic N) is 1. The predicted octanol–water partition coefficient (Wildman–Crippen LogP) is 12.0. The second-order valence-electron chi connectivity index (χ2n) is 14.3. The standard InChI is InChI=1S/C51H42N2O/c1-34-32-46-44(36(3)35(34)2)33-45-43-18-10-11-21-49(43)54-50(45)22-13-31-52-47-19-12-20-48(51(46)47)53(41-27-23-39(24-28-41)37-14-6-4-7-15-37)42-29-25-40(26-30-42)38-16-8-5-9-17-38/h4-25,27-33,40,52H,26H2,1-3H3/b31-13+,45-33-,50-22+. The number of anilines is 3. The van der Waals surface area contributed by atoms with Gasteiger partial charge >= 0.3 is 0 Å². The first-order chi connectivity index (χ1) is 26.5. The molecule has 0 bridgehead atoms. The summed E-state index contributed by atoms with van der Waals surface area (Å²) in [5.41, 5.74) is 17.2. The van der Waals surface area contributed by atoms with E-state index in [4.69, 9.17) is 4.42 Å². The second-order valence-corrected chi connectivity index (χ2v) is 14.3. The molecule has 1 aliphatic carbocycles. The molecule has 1 N–H and O–H groups in total. The fraction of sp³-hybridized carbons (Fsp3) is 0.0980. The number of furan rings is 1. The van der Waals surface area contributed by atoms with E-state index < -0.39 is 0 Å². The molecule has 0 saturated heterocycles. The zero-order chi connectivity index (χ0) is 36.6. The lowest BCUT2D eigenvalue weighted by Crippen LogP contribution is -2.20. The highest BCUT2D eigenvalue weighted by molar-refractivity contribution is 5.97. The lowest BCUT2D eigenvalue weighted by Gasteiger charge is -2.32. The van der Waals surface area contributed by atoms with Gasteiger partial charge in [0.2, 0.25) is 0 Å². The molecule has 3 heteroatoms. The summed E-state index contributed by atoms with van der Waals surface area (Å²) in [5, 5.41) is 5.89. The number of hydrogen-bond donors (Lipinski definition) is 1. The normalized spacial score (nSPS) is 16.6. The average Bonchev–Trinajstić information content (AvgIpc) is 3.56. The lowest BCUT2D eigenvalue weighted by atomic mass is 9.87. The SMILES string of the molecule is Cc1cc2c(c(C)c1C)\C=c1/c(oc3ccccc13)=C\C=C\Nc1cccc(N(C3=CCC(c4ccccc4)C=C3)c3ccc(-c4ccccc4)cc3)c1-2. The summed E-state index contributed by atoms with van der Waals surface area (Å²) < 4.78 is 6.44. The molecular weight excluding hydrogens is 657 g/mol. The molecule has 1 atom stereocenters. The molecular formula is C51H42N2O. The summed E-state index contributed by atoms with van der Waals surface area (Å²) in [6.45, 7) is 6.72. The van der Waals surface area contributed by atoms with E-state index >= 15 is 0 Å². The predicted molar refractivity (Wildman–Crippen MR) is 227 cm³/mol. The van der Waals surface area contributed by atoms with E-state index in [0.29, 0.717) is 5.92 Å². The Bertz CT molecular complexity index is 2730. The minimum absolute atomic E-state index is 0.329. The van der Waals surface area contributed by atoms with Crippen LogP contribution in [0.3, 0.4) is 0 Å². The first-order valence-electron chi connectivity index (χ1n) is 18.8. The minimum Gasteiger partial charge on any atom is -0.456 e. The van der Waals surface area contributed by atoms with Crippen LogP contribution in [0.2, 0.25) is 0 Å². The van der Waals surface area contributed by atoms with Crippen molar-refractivity contribution >= 4 is 40.2 Å². The van der Waals surface area contributed by atoms with Gasteiger partial charge in [0.1, 0.15) is 11.0 Å². The van der Waals surface area contributed by atoms with Crippen molar-refractivity contribution in [2.45, 2.75) is 33.1 Å². The quantitative estimate of drug-likeness (QED) is 0.194. The highest BCUT2D eigenvalue weighted by Gasteiger charge is 2.25. The summed E-state index contributed by atoms with van der Waals surface area (Å²) in [6.07, 6.45) is 16.5. The van der Waals surface area contributed by atoms with Crippen LogP contribution in [0.25, 0.3) is 45.4 Å². The lowest BCUT2D eigenvalue weighted by molar-refractivity contribution is 0.576. The van der Waals surface area contributed by atoms with Gasteiger partial charge < -0.3 is 14.6 Å². The summed E-state index contributed by atoms with van der Waals surface area (Å²) >= 11 is 0. The minimum atomic E-state index is 0.329. The van der Waals surface area contributed by atoms with Crippen molar-refractivity contribution in [1.82, 2.24) is 0 Å². The zero-order valence-corrected chi connectivity index (χ0v) is 30.9. The molecule has 2 aliphatic rings. The third-order valence-electron chi connectivity index (χ3n) is 11.1. The Balaban J connectivity index is 1.29. The summed E-state index contributed by atoms with van der Waals surface area (Å²) in [6, 6.07) is 47.7. The smallest absolute Gasteiger partial charge is 0.135 e. The summed E-state index contributed by atoms with van der Waals surface area (Å²) in [4.78, 5) is 2.44. The van der Waals surface area contributed by atoms with Crippen LogP contribution in [-0.2, 0) is 0 Å². The molecule has 3 nitrogen and oxygen atoms in total. The van der Waals surface area contributed by atoms with Gasteiger partial charge in [-0.3, -0.25) is 0 Å².